The van der Waals surface area contributed by atoms with E-state index >= 15 is 0 Å². The van der Waals surface area contributed by atoms with Crippen molar-refractivity contribution < 1.29 is 0 Å². The standard InChI is InChI=1S/C12H16ClN/c1-12(8-4-5-9-14-12)10-6-2-3-7-11(10)13/h2-3,6-7,14H,4-5,8-9H2,1H3. The molecule has 1 atom stereocenters. The lowest BCUT2D eigenvalue weighted by Gasteiger charge is -2.36. The molecule has 1 heterocycles. The summed E-state index contributed by atoms with van der Waals surface area (Å²) in [5.41, 5.74) is 1.32. The van der Waals surface area contributed by atoms with Crippen molar-refractivity contribution in [1.29, 1.82) is 0 Å². The third-order valence-electron chi connectivity index (χ3n) is 3.09. The van der Waals surface area contributed by atoms with Crippen LogP contribution in [-0.2, 0) is 5.54 Å². The summed E-state index contributed by atoms with van der Waals surface area (Å²) >= 11 is 6.21. The third-order valence-corrected chi connectivity index (χ3v) is 3.42. The van der Waals surface area contributed by atoms with Crippen LogP contribution in [0.15, 0.2) is 24.3 Å². The van der Waals surface area contributed by atoms with Gasteiger partial charge in [-0.1, -0.05) is 36.2 Å². The second kappa shape index (κ2) is 3.92. The molecule has 1 aromatic rings. The van der Waals surface area contributed by atoms with Crippen LogP contribution in [-0.4, -0.2) is 6.54 Å². The zero-order valence-electron chi connectivity index (χ0n) is 8.52. The van der Waals surface area contributed by atoms with Gasteiger partial charge >= 0.3 is 0 Å². The van der Waals surface area contributed by atoms with E-state index in [1.807, 2.05) is 12.1 Å². The molecule has 0 bridgehead atoms. The molecule has 1 unspecified atom stereocenters. The van der Waals surface area contributed by atoms with E-state index in [1.54, 1.807) is 0 Å². The van der Waals surface area contributed by atoms with E-state index < -0.39 is 0 Å². The number of hydrogen-bond acceptors (Lipinski definition) is 1. The minimum atomic E-state index is 0.0800. The van der Waals surface area contributed by atoms with E-state index in [0.29, 0.717) is 0 Å². The van der Waals surface area contributed by atoms with Gasteiger partial charge in [-0.3, -0.25) is 0 Å². The summed E-state index contributed by atoms with van der Waals surface area (Å²) in [6.07, 6.45) is 3.74. The average molecular weight is 210 g/mol. The van der Waals surface area contributed by atoms with E-state index in [1.165, 1.54) is 24.8 Å². The Hall–Kier alpha value is -0.530. The molecule has 1 fully saturated rings. The van der Waals surface area contributed by atoms with Crippen molar-refractivity contribution in [3.8, 4) is 0 Å². The Kier molecular flexibility index (Phi) is 2.80. The highest BCUT2D eigenvalue weighted by Gasteiger charge is 2.29. The maximum Gasteiger partial charge on any atom is 0.0456 e. The molecule has 0 radical (unpaired) electrons. The number of benzene rings is 1. The van der Waals surface area contributed by atoms with Crippen LogP contribution in [0.4, 0.5) is 0 Å². The van der Waals surface area contributed by atoms with Gasteiger partial charge in [0.15, 0.2) is 0 Å². The fraction of sp³-hybridized carbons (Fsp3) is 0.500. The number of nitrogens with one attached hydrogen (secondary N) is 1. The number of halogens is 1. The van der Waals surface area contributed by atoms with Crippen molar-refractivity contribution in [1.82, 2.24) is 5.32 Å². The first-order valence-electron chi connectivity index (χ1n) is 5.22. The highest BCUT2D eigenvalue weighted by Crippen LogP contribution is 2.33. The second-order valence-electron chi connectivity index (χ2n) is 4.20. The van der Waals surface area contributed by atoms with E-state index in [-0.39, 0.29) is 5.54 Å². The Morgan fingerprint density at radius 3 is 2.71 bits per heavy atom. The molecule has 0 amide bonds. The summed E-state index contributed by atoms with van der Waals surface area (Å²) < 4.78 is 0. The van der Waals surface area contributed by atoms with Gasteiger partial charge in [0, 0.05) is 10.6 Å². The first kappa shape index (κ1) is 10.0. The lowest BCUT2D eigenvalue weighted by Crippen LogP contribution is -2.43. The normalized spacial score (nSPS) is 27.6. The smallest absolute Gasteiger partial charge is 0.0456 e. The summed E-state index contributed by atoms with van der Waals surface area (Å²) in [7, 11) is 0. The highest BCUT2D eigenvalue weighted by molar-refractivity contribution is 6.31. The van der Waals surface area contributed by atoms with Gasteiger partial charge in [-0.25, -0.2) is 0 Å². The summed E-state index contributed by atoms with van der Waals surface area (Å²) in [5.74, 6) is 0. The quantitative estimate of drug-likeness (QED) is 0.748. The van der Waals surface area contributed by atoms with Crippen molar-refractivity contribution in [3.63, 3.8) is 0 Å². The minimum Gasteiger partial charge on any atom is -0.308 e. The first-order valence-corrected chi connectivity index (χ1v) is 5.60. The van der Waals surface area contributed by atoms with Gasteiger partial charge in [-0.05, 0) is 37.9 Å². The van der Waals surface area contributed by atoms with Crippen LogP contribution in [0.25, 0.3) is 0 Å². The molecule has 2 rings (SSSR count). The van der Waals surface area contributed by atoms with Gasteiger partial charge in [0.25, 0.3) is 0 Å². The molecule has 0 aliphatic carbocycles. The summed E-state index contributed by atoms with van der Waals surface area (Å²) in [6.45, 7) is 3.34. The molecular formula is C12H16ClN. The van der Waals surface area contributed by atoms with Crippen molar-refractivity contribution in [2.45, 2.75) is 31.7 Å². The minimum absolute atomic E-state index is 0.0800. The Bertz CT molecular complexity index is 316. The zero-order valence-corrected chi connectivity index (χ0v) is 9.27. The lowest BCUT2D eigenvalue weighted by atomic mass is 9.84. The number of piperidine rings is 1. The van der Waals surface area contributed by atoms with Crippen LogP contribution in [0.2, 0.25) is 5.02 Å². The van der Waals surface area contributed by atoms with Crippen molar-refractivity contribution in [2.75, 3.05) is 6.54 Å². The average Bonchev–Trinajstić information content (AvgIpc) is 2.19. The molecule has 1 aliphatic rings. The summed E-state index contributed by atoms with van der Waals surface area (Å²) in [6, 6.07) is 8.14. The largest absolute Gasteiger partial charge is 0.308 e. The van der Waals surface area contributed by atoms with Crippen LogP contribution < -0.4 is 5.32 Å². The van der Waals surface area contributed by atoms with Crippen molar-refractivity contribution in [3.05, 3.63) is 34.9 Å². The van der Waals surface area contributed by atoms with Crippen LogP contribution in [0.3, 0.4) is 0 Å². The van der Waals surface area contributed by atoms with Crippen LogP contribution in [0, 0.1) is 0 Å². The predicted molar refractivity (Wildman–Crippen MR) is 60.7 cm³/mol. The molecule has 1 aromatic carbocycles. The lowest BCUT2D eigenvalue weighted by molar-refractivity contribution is 0.284. The molecule has 0 aromatic heterocycles. The topological polar surface area (TPSA) is 12.0 Å². The predicted octanol–water partition coefficient (Wildman–Crippen LogP) is 3.33. The zero-order chi connectivity index (χ0) is 10.0. The molecule has 14 heavy (non-hydrogen) atoms. The van der Waals surface area contributed by atoms with Crippen LogP contribution in [0.1, 0.15) is 31.7 Å². The van der Waals surface area contributed by atoms with Gasteiger partial charge in [-0.2, -0.15) is 0 Å². The van der Waals surface area contributed by atoms with E-state index in [0.717, 1.165) is 11.6 Å². The van der Waals surface area contributed by atoms with Gasteiger partial charge < -0.3 is 5.32 Å². The summed E-state index contributed by atoms with van der Waals surface area (Å²) in [4.78, 5) is 0. The Morgan fingerprint density at radius 1 is 1.29 bits per heavy atom. The fourth-order valence-electron chi connectivity index (χ4n) is 2.19. The van der Waals surface area contributed by atoms with Crippen LogP contribution in [0.5, 0.6) is 0 Å². The molecule has 0 spiro atoms. The van der Waals surface area contributed by atoms with E-state index in [4.69, 9.17) is 11.6 Å². The monoisotopic (exact) mass is 209 g/mol. The van der Waals surface area contributed by atoms with Crippen molar-refractivity contribution in [2.24, 2.45) is 0 Å². The third kappa shape index (κ3) is 1.79. The number of rotatable bonds is 1. The Morgan fingerprint density at radius 2 is 2.07 bits per heavy atom. The molecule has 2 heteroatoms. The first-order chi connectivity index (χ1) is 6.72. The second-order valence-corrected chi connectivity index (χ2v) is 4.60. The molecule has 1 N–H and O–H groups in total. The number of hydrogen-bond donors (Lipinski definition) is 1. The van der Waals surface area contributed by atoms with Gasteiger partial charge in [0.2, 0.25) is 0 Å². The molecule has 1 saturated heterocycles. The highest BCUT2D eigenvalue weighted by atomic mass is 35.5. The van der Waals surface area contributed by atoms with E-state index in [9.17, 15) is 0 Å². The molecule has 1 aliphatic heterocycles. The Balaban J connectivity index is 2.32. The molecule has 0 saturated carbocycles. The SMILES string of the molecule is CC1(c2ccccc2Cl)CCCCN1. The maximum absolute atomic E-state index is 6.21. The maximum atomic E-state index is 6.21. The fourth-order valence-corrected chi connectivity index (χ4v) is 2.54. The molecular weight excluding hydrogens is 194 g/mol. The van der Waals surface area contributed by atoms with Crippen molar-refractivity contribution >= 4 is 11.6 Å². The van der Waals surface area contributed by atoms with Crippen LogP contribution >= 0.6 is 11.6 Å². The van der Waals surface area contributed by atoms with Gasteiger partial charge in [0.05, 0.1) is 0 Å². The van der Waals surface area contributed by atoms with Gasteiger partial charge in [0.1, 0.15) is 0 Å². The summed E-state index contributed by atoms with van der Waals surface area (Å²) in [5, 5.41) is 4.45. The molecule has 1 nitrogen and oxygen atoms in total. The van der Waals surface area contributed by atoms with Gasteiger partial charge in [-0.15, -0.1) is 0 Å². The molecule has 76 valence electrons. The van der Waals surface area contributed by atoms with E-state index in [2.05, 4.69) is 24.4 Å². The Labute approximate surface area is 90.5 Å².